The van der Waals surface area contributed by atoms with Gasteiger partial charge in [0.05, 0.1) is 29.2 Å². The molecule has 1 saturated carbocycles. The quantitative estimate of drug-likeness (QED) is 0.162. The third kappa shape index (κ3) is 6.83. The van der Waals surface area contributed by atoms with E-state index in [1.807, 2.05) is 35.0 Å². The summed E-state index contributed by atoms with van der Waals surface area (Å²) in [5, 5.41) is 10.8. The van der Waals surface area contributed by atoms with Gasteiger partial charge in [-0.3, -0.25) is 0 Å². The molecular formula is C36H32Cl2N4O4S. The summed E-state index contributed by atoms with van der Waals surface area (Å²) in [6.07, 6.45) is 8.59. The predicted octanol–water partition coefficient (Wildman–Crippen LogP) is 8.68. The molecule has 5 aromatic rings. The molecule has 11 heteroatoms. The number of hydrogen-bond acceptors (Lipinski definition) is 5. The average molecular weight is 688 g/mol. The lowest BCUT2D eigenvalue weighted by Crippen LogP contribution is -2.29. The molecule has 240 valence electrons. The first kappa shape index (κ1) is 31.2. The zero-order chi connectivity index (χ0) is 32.5. The number of rotatable bonds is 9. The van der Waals surface area contributed by atoms with E-state index in [9.17, 15) is 13.5 Å². The number of aliphatic hydroxyl groups is 1. The Bertz CT molecular complexity index is 2070. The van der Waals surface area contributed by atoms with Gasteiger partial charge in [-0.2, -0.15) is 8.42 Å². The van der Waals surface area contributed by atoms with E-state index in [-0.39, 0.29) is 0 Å². The lowest BCUT2D eigenvalue weighted by molar-refractivity contribution is 0.252. The molecule has 4 aromatic carbocycles. The molecule has 0 bridgehead atoms. The molecule has 0 atom stereocenters. The maximum absolute atomic E-state index is 12.6. The molecule has 0 unspecified atom stereocenters. The maximum Gasteiger partial charge on any atom is 0.330 e. The van der Waals surface area contributed by atoms with Crippen LogP contribution in [0.1, 0.15) is 37.1 Å². The van der Waals surface area contributed by atoms with Gasteiger partial charge in [0.2, 0.25) is 5.88 Å². The second kappa shape index (κ2) is 13.0. The zero-order valence-electron chi connectivity index (χ0n) is 25.3. The molecule has 2 N–H and O–H groups in total. The van der Waals surface area contributed by atoms with Crippen molar-refractivity contribution in [3.63, 3.8) is 0 Å². The van der Waals surface area contributed by atoms with Crippen molar-refractivity contribution in [3.05, 3.63) is 131 Å². The number of aromatic nitrogens is 2. The van der Waals surface area contributed by atoms with Crippen LogP contribution >= 0.6 is 23.2 Å². The number of nitrogens with one attached hydrogen (secondary N) is 1. The largest absolute Gasteiger partial charge is 0.493 e. The van der Waals surface area contributed by atoms with Gasteiger partial charge in [-0.15, -0.1) is 0 Å². The number of benzene rings is 4. The predicted molar refractivity (Wildman–Crippen MR) is 186 cm³/mol. The second-order valence-corrected chi connectivity index (χ2v) is 14.2. The van der Waals surface area contributed by atoms with Gasteiger partial charge in [0.25, 0.3) is 0 Å². The lowest BCUT2D eigenvalue weighted by atomic mass is 10.0. The minimum atomic E-state index is -3.95. The number of imidazole rings is 1. The number of anilines is 1. The average Bonchev–Trinajstić information content (AvgIpc) is 3.79. The monoisotopic (exact) mass is 686 g/mol. The summed E-state index contributed by atoms with van der Waals surface area (Å²) in [4.78, 5) is 4.98. The summed E-state index contributed by atoms with van der Waals surface area (Å²) in [7, 11) is -3.95. The molecule has 0 amide bonds. The van der Waals surface area contributed by atoms with Crippen molar-refractivity contribution in [2.75, 3.05) is 10.9 Å². The molecule has 1 aliphatic heterocycles. The zero-order valence-corrected chi connectivity index (χ0v) is 27.6. The van der Waals surface area contributed by atoms with Gasteiger partial charge in [0, 0.05) is 28.9 Å². The SMILES string of the molecule is O=S1(=O)NC(O)=CN1c1cccc(-n2cc(-c3ccc(Cl)cc3Cl)nc2Cc2ccc(-c3cccc(OCC4CCCC4)c3)cc2)c1. The number of hydrogen-bond donors (Lipinski definition) is 2. The molecule has 0 spiro atoms. The van der Waals surface area contributed by atoms with Gasteiger partial charge in [-0.25, -0.2) is 14.0 Å². The van der Waals surface area contributed by atoms with Crippen molar-refractivity contribution in [1.82, 2.24) is 14.3 Å². The molecule has 7 rings (SSSR count). The van der Waals surface area contributed by atoms with Crippen molar-refractivity contribution in [1.29, 1.82) is 0 Å². The molecule has 0 radical (unpaired) electrons. The van der Waals surface area contributed by atoms with Crippen LogP contribution in [0.2, 0.25) is 10.0 Å². The van der Waals surface area contributed by atoms with E-state index in [1.165, 1.54) is 25.7 Å². The third-order valence-corrected chi connectivity index (χ3v) is 10.4. The molecule has 47 heavy (non-hydrogen) atoms. The molecule has 2 heterocycles. The van der Waals surface area contributed by atoms with E-state index in [2.05, 4.69) is 41.1 Å². The Kier molecular flexibility index (Phi) is 8.61. The van der Waals surface area contributed by atoms with Crippen LogP contribution in [0.5, 0.6) is 5.75 Å². The van der Waals surface area contributed by atoms with Gasteiger partial charge < -0.3 is 14.4 Å². The first-order chi connectivity index (χ1) is 22.7. The fourth-order valence-corrected chi connectivity index (χ4v) is 7.68. The number of aliphatic hydroxyl groups excluding tert-OH is 1. The van der Waals surface area contributed by atoms with Crippen LogP contribution < -0.4 is 13.8 Å². The Morgan fingerprint density at radius 1 is 0.894 bits per heavy atom. The van der Waals surface area contributed by atoms with E-state index < -0.39 is 16.1 Å². The topological polar surface area (TPSA) is 96.7 Å². The summed E-state index contributed by atoms with van der Waals surface area (Å²) in [5.41, 5.74) is 5.61. The summed E-state index contributed by atoms with van der Waals surface area (Å²) in [5.74, 6) is 1.81. The van der Waals surface area contributed by atoms with Crippen LogP contribution in [-0.2, 0) is 16.6 Å². The van der Waals surface area contributed by atoms with E-state index >= 15 is 0 Å². The number of nitrogens with zero attached hydrogens (tertiary/aromatic N) is 3. The van der Waals surface area contributed by atoms with Crippen molar-refractivity contribution < 1.29 is 18.3 Å². The second-order valence-electron chi connectivity index (χ2n) is 11.8. The Hall–Kier alpha value is -4.44. The van der Waals surface area contributed by atoms with Crippen molar-refractivity contribution in [2.45, 2.75) is 32.1 Å². The van der Waals surface area contributed by atoms with Crippen LogP contribution in [0, 0.1) is 5.92 Å². The molecule has 1 fully saturated rings. The molecule has 1 aromatic heterocycles. The van der Waals surface area contributed by atoms with E-state index in [0.717, 1.165) is 50.9 Å². The highest BCUT2D eigenvalue weighted by Crippen LogP contribution is 2.33. The number of ether oxygens (including phenoxy) is 1. The van der Waals surface area contributed by atoms with Crippen molar-refractivity contribution in [3.8, 4) is 33.8 Å². The van der Waals surface area contributed by atoms with Crippen LogP contribution in [0.4, 0.5) is 5.69 Å². The van der Waals surface area contributed by atoms with Gasteiger partial charge >= 0.3 is 10.2 Å². The Labute approximate surface area is 284 Å². The van der Waals surface area contributed by atoms with Crippen LogP contribution in [0.15, 0.2) is 109 Å². The maximum atomic E-state index is 12.6. The van der Waals surface area contributed by atoms with Gasteiger partial charge in [0.1, 0.15) is 11.6 Å². The lowest BCUT2D eigenvalue weighted by Gasteiger charge is -2.16. The van der Waals surface area contributed by atoms with E-state index in [1.54, 1.807) is 30.3 Å². The Morgan fingerprint density at radius 3 is 2.40 bits per heavy atom. The smallest absolute Gasteiger partial charge is 0.330 e. The minimum Gasteiger partial charge on any atom is -0.493 e. The van der Waals surface area contributed by atoms with Gasteiger partial charge in [-0.1, -0.05) is 78.5 Å². The van der Waals surface area contributed by atoms with E-state index in [0.29, 0.717) is 39.5 Å². The van der Waals surface area contributed by atoms with Crippen LogP contribution in [0.25, 0.3) is 28.1 Å². The van der Waals surface area contributed by atoms with Gasteiger partial charge in [0.15, 0.2) is 0 Å². The molecule has 1 aliphatic carbocycles. The summed E-state index contributed by atoms with van der Waals surface area (Å²) in [6.45, 7) is 0.769. The minimum absolute atomic E-state index is 0.351. The van der Waals surface area contributed by atoms with Gasteiger partial charge in [-0.05, 0) is 84.0 Å². The molecule has 2 aliphatic rings. The Balaban J connectivity index is 1.19. The normalized spacial score (nSPS) is 15.9. The Morgan fingerprint density at radius 2 is 1.66 bits per heavy atom. The first-order valence-corrected chi connectivity index (χ1v) is 17.6. The highest BCUT2D eigenvalue weighted by Gasteiger charge is 2.29. The van der Waals surface area contributed by atoms with Crippen LogP contribution in [0.3, 0.4) is 0 Å². The molecule has 0 saturated heterocycles. The highest BCUT2D eigenvalue weighted by molar-refractivity contribution is 7.91. The fraction of sp³-hybridized carbons (Fsp3) is 0.194. The highest BCUT2D eigenvalue weighted by atomic mass is 35.5. The summed E-state index contributed by atoms with van der Waals surface area (Å²) in [6, 6.07) is 28.9. The van der Waals surface area contributed by atoms with Crippen LogP contribution in [-0.4, -0.2) is 29.7 Å². The first-order valence-electron chi connectivity index (χ1n) is 15.4. The van der Waals surface area contributed by atoms with E-state index in [4.69, 9.17) is 32.9 Å². The molecular weight excluding hydrogens is 655 g/mol. The van der Waals surface area contributed by atoms with Crippen molar-refractivity contribution in [2.24, 2.45) is 5.92 Å². The van der Waals surface area contributed by atoms with Crippen molar-refractivity contribution >= 4 is 39.1 Å². The third-order valence-electron chi connectivity index (χ3n) is 8.52. The summed E-state index contributed by atoms with van der Waals surface area (Å²) < 4.78 is 36.3. The molecule has 8 nitrogen and oxygen atoms in total. The standard InChI is InChI=1S/C36H32Cl2N4O4S/c37-28-15-16-32(33(38)19-28)34-21-41(29-8-4-9-30(20-29)42-22-36(43)40-47(42,44)45)35(39-34)17-24-11-13-26(14-12-24)27-7-3-10-31(18-27)46-23-25-5-1-2-6-25/h3-4,7-16,18-22,25,40,43H,1-2,5-6,17,23H2. The number of halogens is 2. The fourth-order valence-electron chi connectivity index (χ4n) is 6.13. The summed E-state index contributed by atoms with van der Waals surface area (Å²) >= 11 is 12.7.